The lowest BCUT2D eigenvalue weighted by Crippen LogP contribution is -2.48. The van der Waals surface area contributed by atoms with Gasteiger partial charge in [-0.15, -0.1) is 0 Å². The summed E-state index contributed by atoms with van der Waals surface area (Å²) >= 11 is 0. The van der Waals surface area contributed by atoms with E-state index in [1.165, 1.54) is 0 Å². The van der Waals surface area contributed by atoms with E-state index < -0.39 is 12.7 Å². The number of hydrogen-bond acceptors (Lipinski definition) is 5. The lowest BCUT2D eigenvalue weighted by Gasteiger charge is -2.39. The Hall–Kier alpha value is -2.06. The number of carbonyl (C=O) groups excluding carboxylic acids is 1. The summed E-state index contributed by atoms with van der Waals surface area (Å²) < 4.78 is 18.0. The number of fused-ring (bicyclic) bond motifs is 1. The van der Waals surface area contributed by atoms with E-state index in [0.29, 0.717) is 6.54 Å². The van der Waals surface area contributed by atoms with Crippen LogP contribution in [0, 0.1) is 0 Å². The molecule has 8 heteroatoms. The van der Waals surface area contributed by atoms with Gasteiger partial charge in [0.2, 0.25) is 0 Å². The van der Waals surface area contributed by atoms with Crippen LogP contribution in [0.25, 0.3) is 11.0 Å². The summed E-state index contributed by atoms with van der Waals surface area (Å²) in [5.41, 5.74) is 1.56. The molecule has 0 bridgehead atoms. The number of aromatic nitrogens is 2. The molecule has 1 amide bonds. The molecule has 2 fully saturated rings. The van der Waals surface area contributed by atoms with Crippen molar-refractivity contribution in [2.45, 2.75) is 97.0 Å². The third-order valence-corrected chi connectivity index (χ3v) is 7.02. The topological polar surface area (TPSA) is 76.7 Å². The number of rotatable bonds is 2. The first-order valence-corrected chi connectivity index (χ1v) is 11.6. The third kappa shape index (κ3) is 4.27. The maximum absolute atomic E-state index is 12.7. The minimum Gasteiger partial charge on any atom is -0.444 e. The molecule has 32 heavy (non-hydrogen) atoms. The van der Waals surface area contributed by atoms with Gasteiger partial charge in [0.1, 0.15) is 11.4 Å². The third-order valence-electron chi connectivity index (χ3n) is 7.02. The predicted octanol–water partition coefficient (Wildman–Crippen LogP) is 4.37. The van der Waals surface area contributed by atoms with E-state index in [9.17, 15) is 4.79 Å². The first-order chi connectivity index (χ1) is 14.8. The summed E-state index contributed by atoms with van der Waals surface area (Å²) in [6.07, 6.45) is 1.64. The van der Waals surface area contributed by atoms with E-state index >= 15 is 0 Å². The fourth-order valence-electron chi connectivity index (χ4n) is 4.44. The highest BCUT2D eigenvalue weighted by Gasteiger charge is 2.51. The van der Waals surface area contributed by atoms with E-state index in [1.54, 1.807) is 0 Å². The van der Waals surface area contributed by atoms with E-state index in [1.807, 2.05) is 37.8 Å². The van der Waals surface area contributed by atoms with Gasteiger partial charge in [0.15, 0.2) is 0 Å². The number of benzene rings is 1. The quantitative estimate of drug-likeness (QED) is 0.701. The number of H-pyrrole nitrogens is 1. The fraction of sp³-hybridized carbons (Fsp3) is 0.667. The van der Waals surface area contributed by atoms with E-state index in [4.69, 9.17) is 19.0 Å². The van der Waals surface area contributed by atoms with Gasteiger partial charge in [-0.3, -0.25) is 0 Å². The molecule has 2 unspecified atom stereocenters. The Bertz CT molecular complexity index is 994. The van der Waals surface area contributed by atoms with Crippen LogP contribution in [0.2, 0.25) is 0 Å². The second-order valence-electron chi connectivity index (χ2n) is 11.1. The fourth-order valence-corrected chi connectivity index (χ4v) is 4.44. The second kappa shape index (κ2) is 7.77. The number of nitrogens with zero attached hydrogens (tertiary/aromatic N) is 2. The van der Waals surface area contributed by atoms with Crippen LogP contribution in [0.1, 0.15) is 80.0 Å². The molecule has 1 aromatic heterocycles. The van der Waals surface area contributed by atoms with Crippen molar-refractivity contribution < 1.29 is 18.8 Å². The number of carbonyl (C=O) groups is 1. The van der Waals surface area contributed by atoms with Crippen LogP contribution in [-0.2, 0) is 14.0 Å². The molecule has 2 saturated heterocycles. The van der Waals surface area contributed by atoms with Crippen LogP contribution in [0.15, 0.2) is 18.2 Å². The first-order valence-electron chi connectivity index (χ1n) is 11.6. The molecule has 0 aliphatic carbocycles. The van der Waals surface area contributed by atoms with Gasteiger partial charge in [0.05, 0.1) is 22.2 Å². The molecular weight excluding hydrogens is 405 g/mol. The molecule has 2 aromatic rings. The van der Waals surface area contributed by atoms with Crippen LogP contribution >= 0.6 is 0 Å². The summed E-state index contributed by atoms with van der Waals surface area (Å²) in [5, 5.41) is 0. The highest BCUT2D eigenvalue weighted by atomic mass is 16.7. The van der Waals surface area contributed by atoms with Crippen LogP contribution in [0.3, 0.4) is 0 Å². The Morgan fingerprint density at radius 1 is 1.22 bits per heavy atom. The molecular formula is C24H36BN3O4. The van der Waals surface area contributed by atoms with Crippen molar-refractivity contribution in [1.82, 2.24) is 14.9 Å². The standard InChI is InChI=1S/C24H36BN3O4/c1-15-17(10-9-13-28(15)21(29)30-22(2,3)4)20-26-18-12-11-16(14-19(18)27-20)25-31-23(5,6)24(7,8)32-25/h11-12,14-15,17H,9-10,13H2,1-8H3,(H,26,27). The molecule has 0 radical (unpaired) electrons. The lowest BCUT2D eigenvalue weighted by atomic mass is 9.79. The number of piperidine rings is 1. The Morgan fingerprint density at radius 3 is 2.50 bits per heavy atom. The SMILES string of the molecule is CC1C(c2nc3ccc(B4OC(C)(C)C(C)(C)O4)cc3[nH]2)CCCN1C(=O)OC(C)(C)C. The van der Waals surface area contributed by atoms with Crippen LogP contribution in [0.4, 0.5) is 4.79 Å². The minimum atomic E-state index is -0.507. The first kappa shape index (κ1) is 23.1. The van der Waals surface area contributed by atoms with Crippen LogP contribution in [0.5, 0.6) is 0 Å². The van der Waals surface area contributed by atoms with Gasteiger partial charge in [0.25, 0.3) is 0 Å². The molecule has 174 valence electrons. The summed E-state index contributed by atoms with van der Waals surface area (Å²) in [6, 6.07) is 6.09. The molecule has 0 spiro atoms. The van der Waals surface area contributed by atoms with Gasteiger partial charge in [0, 0.05) is 18.5 Å². The lowest BCUT2D eigenvalue weighted by molar-refractivity contribution is 0.00578. The van der Waals surface area contributed by atoms with Crippen molar-refractivity contribution in [2.24, 2.45) is 0 Å². The summed E-state index contributed by atoms with van der Waals surface area (Å²) in [4.78, 5) is 22.9. The Balaban J connectivity index is 1.56. The highest BCUT2D eigenvalue weighted by Crippen LogP contribution is 2.37. The van der Waals surface area contributed by atoms with E-state index in [-0.39, 0.29) is 29.3 Å². The van der Waals surface area contributed by atoms with Crippen molar-refractivity contribution in [1.29, 1.82) is 0 Å². The zero-order valence-corrected chi connectivity index (χ0v) is 20.6. The summed E-state index contributed by atoms with van der Waals surface area (Å²) in [6.45, 7) is 16.7. The molecule has 1 aromatic carbocycles. The predicted molar refractivity (Wildman–Crippen MR) is 126 cm³/mol. The van der Waals surface area contributed by atoms with Gasteiger partial charge >= 0.3 is 13.2 Å². The number of nitrogens with one attached hydrogen (secondary N) is 1. The molecule has 0 saturated carbocycles. The van der Waals surface area contributed by atoms with Crippen LogP contribution < -0.4 is 5.46 Å². The highest BCUT2D eigenvalue weighted by molar-refractivity contribution is 6.62. The number of imidazole rings is 1. The molecule has 2 aliphatic rings. The normalized spacial score (nSPS) is 25.4. The number of ether oxygens (including phenoxy) is 1. The Morgan fingerprint density at radius 2 is 1.88 bits per heavy atom. The number of likely N-dealkylation sites (tertiary alicyclic amines) is 1. The van der Waals surface area contributed by atoms with Crippen molar-refractivity contribution in [2.75, 3.05) is 6.54 Å². The maximum Gasteiger partial charge on any atom is 0.494 e. The largest absolute Gasteiger partial charge is 0.494 e. The zero-order valence-electron chi connectivity index (χ0n) is 20.6. The molecule has 7 nitrogen and oxygen atoms in total. The Labute approximate surface area is 191 Å². The molecule has 4 rings (SSSR count). The summed E-state index contributed by atoms with van der Waals surface area (Å²) in [7, 11) is -0.410. The van der Waals surface area contributed by atoms with Crippen molar-refractivity contribution >= 4 is 29.7 Å². The average molecular weight is 441 g/mol. The van der Waals surface area contributed by atoms with Gasteiger partial charge in [-0.05, 0) is 85.8 Å². The minimum absolute atomic E-state index is 0.00160. The number of hydrogen-bond donors (Lipinski definition) is 1. The molecule has 2 aliphatic heterocycles. The van der Waals surface area contributed by atoms with E-state index in [2.05, 4.69) is 45.7 Å². The number of aromatic amines is 1. The van der Waals surface area contributed by atoms with Crippen molar-refractivity contribution in [3.8, 4) is 0 Å². The molecule has 3 heterocycles. The van der Waals surface area contributed by atoms with Crippen LogP contribution in [-0.4, -0.2) is 57.5 Å². The molecule has 2 atom stereocenters. The monoisotopic (exact) mass is 441 g/mol. The van der Waals surface area contributed by atoms with Gasteiger partial charge in [-0.2, -0.15) is 0 Å². The van der Waals surface area contributed by atoms with Gasteiger partial charge in [-0.1, -0.05) is 6.07 Å². The van der Waals surface area contributed by atoms with Gasteiger partial charge in [-0.25, -0.2) is 9.78 Å². The average Bonchev–Trinajstić information content (AvgIpc) is 3.17. The van der Waals surface area contributed by atoms with E-state index in [0.717, 1.165) is 35.2 Å². The number of amides is 1. The van der Waals surface area contributed by atoms with Crippen molar-refractivity contribution in [3.05, 3.63) is 24.0 Å². The maximum atomic E-state index is 12.7. The van der Waals surface area contributed by atoms with Crippen molar-refractivity contribution in [3.63, 3.8) is 0 Å². The second-order valence-corrected chi connectivity index (χ2v) is 11.1. The summed E-state index contributed by atoms with van der Waals surface area (Å²) in [5.74, 6) is 1.04. The van der Waals surface area contributed by atoms with Gasteiger partial charge < -0.3 is 23.9 Å². The Kier molecular flexibility index (Phi) is 5.61. The smallest absolute Gasteiger partial charge is 0.444 e. The molecule has 1 N–H and O–H groups in total. The zero-order chi connectivity index (χ0) is 23.5.